The minimum Gasteiger partial charge on any atom is -0.295 e. The molecule has 23 heavy (non-hydrogen) atoms. The van der Waals surface area contributed by atoms with E-state index in [0.29, 0.717) is 18.8 Å². The molecular formula is C17H16N2O3S. The summed E-state index contributed by atoms with van der Waals surface area (Å²) in [6.07, 6.45) is 5.34. The van der Waals surface area contributed by atoms with Crippen LogP contribution < -0.4 is 4.31 Å². The lowest BCUT2D eigenvalue weighted by molar-refractivity contribution is -0.112. The van der Waals surface area contributed by atoms with Gasteiger partial charge in [-0.3, -0.25) is 4.79 Å². The zero-order valence-corrected chi connectivity index (χ0v) is 13.5. The largest absolute Gasteiger partial charge is 0.295 e. The number of nitrogens with zero attached hydrogens (tertiary/aromatic N) is 2. The van der Waals surface area contributed by atoms with E-state index in [1.807, 2.05) is 6.07 Å². The molecule has 6 heteroatoms. The molecule has 1 aliphatic rings. The lowest BCUT2D eigenvalue weighted by Gasteiger charge is -2.18. The highest BCUT2D eigenvalue weighted by atomic mass is 32.2. The highest BCUT2D eigenvalue weighted by Crippen LogP contribution is 2.31. The Labute approximate surface area is 135 Å². The molecule has 5 nitrogen and oxygen atoms in total. The van der Waals surface area contributed by atoms with Gasteiger partial charge in [0.25, 0.3) is 10.0 Å². The molecule has 0 fully saturated rings. The first kappa shape index (κ1) is 15.4. The molecule has 0 amide bonds. The molecule has 0 radical (unpaired) electrons. The summed E-state index contributed by atoms with van der Waals surface area (Å²) in [7, 11) is -3.59. The number of hydrogen-bond donors (Lipinski definition) is 0. The van der Waals surface area contributed by atoms with E-state index in [1.54, 1.807) is 42.6 Å². The Morgan fingerprint density at radius 2 is 2.00 bits per heavy atom. The third kappa shape index (κ3) is 3.03. The second-order valence-electron chi connectivity index (χ2n) is 5.34. The fourth-order valence-electron chi connectivity index (χ4n) is 2.52. The molecule has 3 rings (SSSR count). The van der Waals surface area contributed by atoms with Crippen molar-refractivity contribution in [2.24, 2.45) is 0 Å². The van der Waals surface area contributed by atoms with Crippen molar-refractivity contribution < 1.29 is 13.2 Å². The van der Waals surface area contributed by atoms with Gasteiger partial charge >= 0.3 is 0 Å². The van der Waals surface area contributed by atoms with Crippen molar-refractivity contribution in [2.45, 2.75) is 18.2 Å². The molecule has 0 bridgehead atoms. The third-order valence-corrected chi connectivity index (χ3v) is 5.43. The molecule has 2 heterocycles. The van der Waals surface area contributed by atoms with E-state index in [4.69, 9.17) is 0 Å². The van der Waals surface area contributed by atoms with Crippen LogP contribution in [0.4, 0.5) is 5.82 Å². The van der Waals surface area contributed by atoms with Crippen LogP contribution in [0.25, 0.3) is 6.08 Å². The molecule has 2 aromatic rings. The third-order valence-electron chi connectivity index (χ3n) is 3.63. The summed E-state index contributed by atoms with van der Waals surface area (Å²) in [5, 5.41) is 0. The van der Waals surface area contributed by atoms with Crippen molar-refractivity contribution in [1.82, 2.24) is 4.98 Å². The summed E-state index contributed by atoms with van der Waals surface area (Å²) in [6, 6.07) is 10.2. The van der Waals surface area contributed by atoms with E-state index in [2.05, 4.69) is 4.98 Å². The lowest BCUT2D eigenvalue weighted by atomic mass is 10.1. The number of ketones is 1. The summed E-state index contributed by atoms with van der Waals surface area (Å²) in [5.41, 5.74) is 1.66. The minimum absolute atomic E-state index is 0.0428. The van der Waals surface area contributed by atoms with Gasteiger partial charge in [-0.1, -0.05) is 18.2 Å². The van der Waals surface area contributed by atoms with E-state index >= 15 is 0 Å². The van der Waals surface area contributed by atoms with E-state index < -0.39 is 10.0 Å². The fourth-order valence-corrected chi connectivity index (χ4v) is 4.00. The second-order valence-corrected chi connectivity index (χ2v) is 7.20. The number of allylic oxidation sites excluding steroid dienone is 1. The SMILES string of the molecule is CC(=O)C=Cc1cnc2c(c1)CCN2S(=O)(=O)c1ccccc1. The van der Waals surface area contributed by atoms with Crippen LogP contribution in [0.5, 0.6) is 0 Å². The molecule has 1 aromatic heterocycles. The van der Waals surface area contributed by atoms with Crippen LogP contribution in [0.3, 0.4) is 0 Å². The van der Waals surface area contributed by atoms with Gasteiger partial charge in [0.2, 0.25) is 0 Å². The van der Waals surface area contributed by atoms with Crippen molar-refractivity contribution in [3.8, 4) is 0 Å². The molecule has 0 saturated heterocycles. The van der Waals surface area contributed by atoms with E-state index in [9.17, 15) is 13.2 Å². The van der Waals surface area contributed by atoms with Crippen molar-refractivity contribution in [2.75, 3.05) is 10.8 Å². The molecule has 118 valence electrons. The van der Waals surface area contributed by atoms with Crippen LogP contribution >= 0.6 is 0 Å². The van der Waals surface area contributed by atoms with Gasteiger partial charge in [-0.2, -0.15) is 0 Å². The first-order chi connectivity index (χ1) is 11.0. The van der Waals surface area contributed by atoms with Crippen LogP contribution in [-0.2, 0) is 21.2 Å². The summed E-state index contributed by atoms with van der Waals surface area (Å²) in [6.45, 7) is 1.85. The van der Waals surface area contributed by atoms with Crippen LogP contribution in [0.2, 0.25) is 0 Å². The fraction of sp³-hybridized carbons (Fsp3) is 0.176. The molecule has 0 aliphatic carbocycles. The maximum absolute atomic E-state index is 12.7. The number of anilines is 1. The zero-order valence-electron chi connectivity index (χ0n) is 12.6. The van der Waals surface area contributed by atoms with Gasteiger partial charge < -0.3 is 0 Å². The molecule has 0 atom stereocenters. The topological polar surface area (TPSA) is 67.3 Å². The first-order valence-electron chi connectivity index (χ1n) is 7.24. The van der Waals surface area contributed by atoms with Crippen molar-refractivity contribution in [1.29, 1.82) is 0 Å². The molecule has 0 spiro atoms. The van der Waals surface area contributed by atoms with Gasteiger partial charge in [-0.25, -0.2) is 17.7 Å². The van der Waals surface area contributed by atoms with Gasteiger partial charge in [-0.15, -0.1) is 0 Å². The average Bonchev–Trinajstić information content (AvgIpc) is 2.97. The zero-order chi connectivity index (χ0) is 16.4. The normalized spacial score (nSPS) is 14.2. The van der Waals surface area contributed by atoms with Crippen LogP contribution in [0, 0.1) is 0 Å². The van der Waals surface area contributed by atoms with E-state index in [1.165, 1.54) is 17.3 Å². The standard InChI is InChI=1S/C17H16N2O3S/c1-13(20)7-8-14-11-15-9-10-19(17(15)18-12-14)23(21,22)16-5-3-2-4-6-16/h2-8,11-12H,9-10H2,1H3. The Hall–Kier alpha value is -2.47. The predicted molar refractivity (Wildman–Crippen MR) is 88.6 cm³/mol. The summed E-state index contributed by atoms with van der Waals surface area (Å²) >= 11 is 0. The Morgan fingerprint density at radius 1 is 1.26 bits per heavy atom. The van der Waals surface area contributed by atoms with Gasteiger partial charge in [0.05, 0.1) is 4.90 Å². The van der Waals surface area contributed by atoms with Gasteiger partial charge in [0, 0.05) is 12.7 Å². The maximum Gasteiger partial charge on any atom is 0.265 e. The van der Waals surface area contributed by atoms with Crippen LogP contribution in [0.1, 0.15) is 18.1 Å². The molecular weight excluding hydrogens is 312 g/mol. The van der Waals surface area contributed by atoms with Crippen molar-refractivity contribution >= 4 is 27.7 Å². The van der Waals surface area contributed by atoms with Crippen LogP contribution in [0.15, 0.2) is 53.6 Å². The summed E-state index contributed by atoms with van der Waals surface area (Å²) in [4.78, 5) is 15.6. The molecule has 0 unspecified atom stereocenters. The van der Waals surface area contributed by atoms with Gasteiger partial charge in [-0.05, 0) is 54.8 Å². The average molecular weight is 328 g/mol. The maximum atomic E-state index is 12.7. The second kappa shape index (κ2) is 5.96. The molecule has 1 aromatic carbocycles. The lowest BCUT2D eigenvalue weighted by Crippen LogP contribution is -2.29. The first-order valence-corrected chi connectivity index (χ1v) is 8.68. The van der Waals surface area contributed by atoms with Gasteiger partial charge in [0.15, 0.2) is 5.78 Å². The predicted octanol–water partition coefficient (Wildman–Crippen LogP) is 2.44. The van der Waals surface area contributed by atoms with Crippen molar-refractivity contribution in [3.63, 3.8) is 0 Å². The molecule has 0 saturated carbocycles. The Bertz CT molecular complexity index is 874. The number of carbonyl (C=O) groups is 1. The monoisotopic (exact) mass is 328 g/mol. The van der Waals surface area contributed by atoms with E-state index in [0.717, 1.165) is 11.1 Å². The quantitative estimate of drug-likeness (QED) is 0.809. The number of carbonyl (C=O) groups excluding carboxylic acids is 1. The Kier molecular flexibility index (Phi) is 4.00. The number of sulfonamides is 1. The van der Waals surface area contributed by atoms with E-state index in [-0.39, 0.29) is 10.7 Å². The smallest absolute Gasteiger partial charge is 0.265 e. The highest BCUT2D eigenvalue weighted by Gasteiger charge is 2.31. The minimum atomic E-state index is -3.59. The molecule has 0 N–H and O–H groups in total. The Balaban J connectivity index is 1.95. The Morgan fingerprint density at radius 3 is 2.70 bits per heavy atom. The van der Waals surface area contributed by atoms with Crippen LogP contribution in [-0.4, -0.2) is 25.7 Å². The summed E-state index contributed by atoms with van der Waals surface area (Å²) < 4.78 is 26.8. The number of pyridine rings is 1. The van der Waals surface area contributed by atoms with Gasteiger partial charge in [0.1, 0.15) is 5.82 Å². The number of aromatic nitrogens is 1. The number of fused-ring (bicyclic) bond motifs is 1. The molecule has 1 aliphatic heterocycles. The highest BCUT2D eigenvalue weighted by molar-refractivity contribution is 7.92. The number of benzene rings is 1. The number of rotatable bonds is 4. The number of hydrogen-bond acceptors (Lipinski definition) is 4. The van der Waals surface area contributed by atoms with Crippen molar-refractivity contribution in [3.05, 3.63) is 59.8 Å². The summed E-state index contributed by atoms with van der Waals surface area (Å²) in [5.74, 6) is 0.424.